The maximum absolute atomic E-state index is 13.3. The first-order valence-corrected chi connectivity index (χ1v) is 8.10. The number of hydrogen-bond acceptors (Lipinski definition) is 3. The van der Waals surface area contributed by atoms with E-state index in [1.165, 1.54) is 0 Å². The van der Waals surface area contributed by atoms with Gasteiger partial charge < -0.3 is 10.2 Å². The van der Waals surface area contributed by atoms with Gasteiger partial charge in [-0.05, 0) is 24.3 Å². The van der Waals surface area contributed by atoms with E-state index in [0.717, 1.165) is 18.4 Å². The van der Waals surface area contributed by atoms with E-state index in [9.17, 15) is 18.0 Å². The number of amides is 1. The molecule has 3 rings (SSSR count). The van der Waals surface area contributed by atoms with E-state index < -0.39 is 30.1 Å². The van der Waals surface area contributed by atoms with Crippen molar-refractivity contribution >= 4 is 11.6 Å². The number of hydrogen-bond donors (Lipinski definition) is 1. The molecule has 1 saturated carbocycles. The maximum atomic E-state index is 13.3. The van der Waals surface area contributed by atoms with Crippen LogP contribution in [0.3, 0.4) is 0 Å². The molecule has 1 aliphatic carbocycles. The van der Waals surface area contributed by atoms with Crippen molar-refractivity contribution in [1.29, 1.82) is 0 Å². The largest absolute Gasteiger partial charge is 0.408 e. The van der Waals surface area contributed by atoms with E-state index in [-0.39, 0.29) is 12.1 Å². The molecule has 0 spiro atoms. The minimum Gasteiger partial charge on any atom is -0.387 e. The summed E-state index contributed by atoms with van der Waals surface area (Å²) >= 11 is 0. The molecule has 130 valence electrons. The molecule has 0 saturated heterocycles. The van der Waals surface area contributed by atoms with Crippen molar-refractivity contribution in [2.45, 2.75) is 50.4 Å². The van der Waals surface area contributed by atoms with Crippen molar-refractivity contribution in [3.63, 3.8) is 0 Å². The van der Waals surface area contributed by atoms with Crippen LogP contribution in [0.4, 0.5) is 13.2 Å². The van der Waals surface area contributed by atoms with Gasteiger partial charge in [-0.25, -0.2) is 0 Å². The number of carbonyl (C=O) groups is 1. The van der Waals surface area contributed by atoms with Gasteiger partial charge in [0.25, 0.3) is 5.91 Å². The average molecular weight is 340 g/mol. The summed E-state index contributed by atoms with van der Waals surface area (Å²) in [5, 5.41) is 5.83. The fourth-order valence-electron chi connectivity index (χ4n) is 3.34. The highest BCUT2D eigenvalue weighted by molar-refractivity contribution is 6.39. The molecule has 1 amide bonds. The number of halogens is 3. The zero-order valence-corrected chi connectivity index (χ0v) is 13.1. The Bertz CT molecular complexity index is 610. The van der Waals surface area contributed by atoms with Crippen molar-refractivity contribution in [1.82, 2.24) is 5.32 Å². The zero-order valence-electron chi connectivity index (χ0n) is 13.1. The molecule has 1 aromatic carbocycles. The van der Waals surface area contributed by atoms with Crippen LogP contribution in [-0.2, 0) is 9.63 Å². The molecule has 1 fully saturated rings. The first kappa shape index (κ1) is 16.8. The lowest BCUT2D eigenvalue weighted by Gasteiger charge is -2.26. The lowest BCUT2D eigenvalue weighted by Crippen LogP contribution is -2.51. The highest BCUT2D eigenvalue weighted by atomic mass is 19.4. The number of nitrogens with one attached hydrogen (secondary N) is 1. The van der Waals surface area contributed by atoms with Gasteiger partial charge in [-0.15, -0.1) is 0 Å². The Morgan fingerprint density at radius 2 is 1.88 bits per heavy atom. The first-order chi connectivity index (χ1) is 11.4. The van der Waals surface area contributed by atoms with E-state index in [1.807, 2.05) is 30.3 Å². The highest BCUT2D eigenvalue weighted by Crippen LogP contribution is 2.36. The Morgan fingerprint density at radius 3 is 2.50 bits per heavy atom. The summed E-state index contributed by atoms with van der Waals surface area (Å²) in [6.45, 7) is 0. The molecule has 0 radical (unpaired) electrons. The second-order valence-corrected chi connectivity index (χ2v) is 6.28. The Hall–Kier alpha value is -2.05. The number of rotatable bonds is 4. The van der Waals surface area contributed by atoms with Crippen LogP contribution in [0.25, 0.3) is 0 Å². The van der Waals surface area contributed by atoms with E-state index in [0.29, 0.717) is 12.8 Å². The molecule has 2 unspecified atom stereocenters. The third-order valence-electron chi connectivity index (χ3n) is 4.61. The monoisotopic (exact) mass is 340 g/mol. The Labute approximate surface area is 138 Å². The summed E-state index contributed by atoms with van der Waals surface area (Å²) in [5.74, 6) is -1.34. The summed E-state index contributed by atoms with van der Waals surface area (Å²) in [5.41, 5.74) is 0.850. The fraction of sp³-hybridized carbons (Fsp3) is 0.529. The average Bonchev–Trinajstić information content (AvgIpc) is 3.23. The maximum Gasteiger partial charge on any atom is 0.408 e. The van der Waals surface area contributed by atoms with Crippen LogP contribution in [0.1, 0.15) is 43.8 Å². The molecule has 0 aromatic heterocycles. The van der Waals surface area contributed by atoms with Crippen LogP contribution in [0.5, 0.6) is 0 Å². The van der Waals surface area contributed by atoms with Gasteiger partial charge >= 0.3 is 6.18 Å². The molecular weight excluding hydrogens is 321 g/mol. The third-order valence-corrected chi connectivity index (χ3v) is 4.61. The van der Waals surface area contributed by atoms with Gasteiger partial charge in [0.2, 0.25) is 0 Å². The van der Waals surface area contributed by atoms with Crippen molar-refractivity contribution in [3.05, 3.63) is 35.9 Å². The molecule has 1 heterocycles. The Morgan fingerprint density at radius 1 is 1.21 bits per heavy atom. The minimum atomic E-state index is -4.45. The molecule has 1 aliphatic heterocycles. The van der Waals surface area contributed by atoms with Gasteiger partial charge in [0.15, 0.2) is 6.10 Å². The summed E-state index contributed by atoms with van der Waals surface area (Å²) in [6.07, 6.45) is -2.20. The number of benzene rings is 1. The van der Waals surface area contributed by atoms with E-state index in [1.54, 1.807) is 0 Å². The molecule has 1 N–H and O–H groups in total. The molecule has 1 aromatic rings. The number of oxime groups is 1. The predicted octanol–water partition coefficient (Wildman–Crippen LogP) is 3.74. The van der Waals surface area contributed by atoms with Gasteiger partial charge in [0.1, 0.15) is 11.8 Å². The second-order valence-electron chi connectivity index (χ2n) is 6.28. The van der Waals surface area contributed by atoms with Crippen LogP contribution in [-0.4, -0.2) is 23.8 Å². The lowest BCUT2D eigenvalue weighted by molar-refractivity contribution is -0.170. The van der Waals surface area contributed by atoms with Crippen LogP contribution in [0.2, 0.25) is 0 Å². The topological polar surface area (TPSA) is 50.7 Å². The second kappa shape index (κ2) is 6.83. The highest BCUT2D eigenvalue weighted by Gasteiger charge is 2.47. The van der Waals surface area contributed by atoms with Gasteiger partial charge in [-0.1, -0.05) is 48.3 Å². The smallest absolute Gasteiger partial charge is 0.387 e. The standard InChI is InChI=1S/C17H19F3N2O2/c18-17(19,20)15(12-8-4-5-9-12)21-16(23)13-10-14(24-22-13)11-6-2-1-3-7-11/h1-3,6-7,12,14-15H,4-5,8-10H2,(H,21,23). The number of alkyl halides is 3. The summed E-state index contributed by atoms with van der Waals surface area (Å²) in [7, 11) is 0. The van der Waals surface area contributed by atoms with Crippen molar-refractivity contribution in [2.75, 3.05) is 0 Å². The van der Waals surface area contributed by atoms with E-state index in [2.05, 4.69) is 10.5 Å². The van der Waals surface area contributed by atoms with Crippen LogP contribution in [0, 0.1) is 5.92 Å². The van der Waals surface area contributed by atoms with Crippen molar-refractivity contribution in [3.8, 4) is 0 Å². The van der Waals surface area contributed by atoms with Gasteiger partial charge in [0, 0.05) is 6.42 Å². The first-order valence-electron chi connectivity index (χ1n) is 8.10. The quantitative estimate of drug-likeness (QED) is 0.908. The van der Waals surface area contributed by atoms with Crippen molar-refractivity contribution in [2.24, 2.45) is 11.1 Å². The molecule has 2 atom stereocenters. The number of carbonyl (C=O) groups excluding carboxylic acids is 1. The zero-order chi connectivity index (χ0) is 17.2. The predicted molar refractivity (Wildman–Crippen MR) is 82.3 cm³/mol. The lowest BCUT2D eigenvalue weighted by atomic mass is 9.97. The van der Waals surface area contributed by atoms with Crippen LogP contribution < -0.4 is 5.32 Å². The molecule has 4 nitrogen and oxygen atoms in total. The molecule has 24 heavy (non-hydrogen) atoms. The summed E-state index contributed by atoms with van der Waals surface area (Å²) in [6, 6.07) is 7.36. The Balaban J connectivity index is 1.64. The molecule has 2 aliphatic rings. The summed E-state index contributed by atoms with van der Waals surface area (Å²) in [4.78, 5) is 17.4. The third kappa shape index (κ3) is 3.71. The SMILES string of the molecule is O=C(NC(C1CCCC1)C(F)(F)F)C1=NOC(c2ccccc2)C1. The number of nitrogens with zero attached hydrogens (tertiary/aromatic N) is 1. The van der Waals surface area contributed by atoms with Gasteiger partial charge in [-0.2, -0.15) is 13.2 Å². The normalized spacial score (nSPS) is 22.8. The van der Waals surface area contributed by atoms with E-state index >= 15 is 0 Å². The molecule has 0 bridgehead atoms. The molecular formula is C17H19F3N2O2. The minimum absolute atomic E-state index is 0.0103. The van der Waals surface area contributed by atoms with Crippen LogP contribution >= 0.6 is 0 Å². The van der Waals surface area contributed by atoms with Gasteiger partial charge in [-0.3, -0.25) is 4.79 Å². The molecule has 7 heteroatoms. The van der Waals surface area contributed by atoms with Gasteiger partial charge in [0.05, 0.1) is 0 Å². The summed E-state index contributed by atoms with van der Waals surface area (Å²) < 4.78 is 39.8. The fourth-order valence-corrected chi connectivity index (χ4v) is 3.34. The Kier molecular flexibility index (Phi) is 4.78. The van der Waals surface area contributed by atoms with Crippen LogP contribution in [0.15, 0.2) is 35.5 Å². The van der Waals surface area contributed by atoms with E-state index in [4.69, 9.17) is 4.84 Å². The van der Waals surface area contributed by atoms with Crippen molar-refractivity contribution < 1.29 is 22.8 Å².